The lowest BCUT2D eigenvalue weighted by molar-refractivity contribution is -0.153. The third kappa shape index (κ3) is 3.09. The molecule has 27 heavy (non-hydrogen) atoms. The van der Waals surface area contributed by atoms with E-state index >= 15 is 0 Å². The molecule has 1 spiro atoms. The Hall–Kier alpha value is -2.42. The van der Waals surface area contributed by atoms with Crippen LogP contribution >= 0.6 is 0 Å². The fourth-order valence-electron chi connectivity index (χ4n) is 4.50. The highest BCUT2D eigenvalue weighted by Gasteiger charge is 2.55. The number of carbonyl (C=O) groups is 2. The lowest BCUT2D eigenvalue weighted by Gasteiger charge is -2.47. The Labute approximate surface area is 158 Å². The van der Waals surface area contributed by atoms with Crippen LogP contribution in [0.1, 0.15) is 39.0 Å². The number of hydrogen-bond donors (Lipinski definition) is 3. The monoisotopic (exact) mass is 374 g/mol. The Morgan fingerprint density at radius 2 is 2.15 bits per heavy atom. The fraction of sp³-hybridized carbons (Fsp3) is 0.667. The van der Waals surface area contributed by atoms with E-state index in [0.29, 0.717) is 18.1 Å². The zero-order valence-electron chi connectivity index (χ0n) is 15.6. The van der Waals surface area contributed by atoms with Crippen LogP contribution in [0.2, 0.25) is 0 Å². The van der Waals surface area contributed by atoms with Crippen molar-refractivity contribution in [3.8, 4) is 0 Å². The van der Waals surface area contributed by atoms with Crippen LogP contribution in [0, 0.1) is 11.3 Å². The Morgan fingerprint density at radius 1 is 1.33 bits per heavy atom. The predicted octanol–water partition coefficient (Wildman–Crippen LogP) is 0.265. The molecule has 4 rings (SSSR count). The van der Waals surface area contributed by atoms with E-state index in [1.165, 1.54) is 25.0 Å². The molecule has 3 aliphatic heterocycles. The zero-order valence-corrected chi connectivity index (χ0v) is 15.6. The molecule has 4 aliphatic rings. The maximum Gasteiger partial charge on any atom is 0.397 e. The van der Waals surface area contributed by atoms with Crippen molar-refractivity contribution in [1.82, 2.24) is 21.1 Å². The van der Waals surface area contributed by atoms with E-state index in [1.807, 2.05) is 0 Å². The first-order valence-corrected chi connectivity index (χ1v) is 9.72. The molecule has 2 fully saturated rings. The standard InChI is InChI=1S/C18H26N6O3/c1-2-27-15(26)14(25)20-16-18-7-6-13(24-8-4-3-5-9-24)10-12(18)11-19-21-17(18)23-22-16/h6,12,19H,2-5,7-11H2,1H3,(H,21,23)(H,20,22,25). The van der Waals surface area contributed by atoms with Gasteiger partial charge in [0.15, 0.2) is 5.84 Å². The zero-order chi connectivity index (χ0) is 18.9. The van der Waals surface area contributed by atoms with E-state index in [2.05, 4.69) is 37.3 Å². The number of nitrogens with zero attached hydrogens (tertiary/aromatic N) is 3. The molecule has 146 valence electrons. The van der Waals surface area contributed by atoms with Crippen LogP contribution in [-0.4, -0.2) is 54.7 Å². The van der Waals surface area contributed by atoms with Crippen molar-refractivity contribution in [3.05, 3.63) is 11.8 Å². The van der Waals surface area contributed by atoms with Crippen LogP contribution in [0.5, 0.6) is 0 Å². The van der Waals surface area contributed by atoms with Crippen molar-refractivity contribution >= 4 is 23.5 Å². The number of carbonyl (C=O) groups excluding carboxylic acids is 2. The number of likely N-dealkylation sites (tertiary alicyclic amines) is 1. The molecule has 9 heteroatoms. The number of hydrogen-bond acceptors (Lipinski definition) is 8. The first-order valence-electron chi connectivity index (χ1n) is 9.72. The number of nitrogens with one attached hydrogen (secondary N) is 3. The summed E-state index contributed by atoms with van der Waals surface area (Å²) in [6, 6.07) is 0. The lowest BCUT2D eigenvalue weighted by Crippen LogP contribution is -2.64. The van der Waals surface area contributed by atoms with Crippen LogP contribution < -0.4 is 16.2 Å². The third-order valence-electron chi connectivity index (χ3n) is 5.92. The second-order valence-electron chi connectivity index (χ2n) is 7.40. The maximum absolute atomic E-state index is 12.2. The van der Waals surface area contributed by atoms with Crippen molar-refractivity contribution in [3.63, 3.8) is 0 Å². The fourth-order valence-corrected chi connectivity index (χ4v) is 4.50. The Morgan fingerprint density at radius 3 is 2.93 bits per heavy atom. The Kier molecular flexibility index (Phi) is 4.86. The van der Waals surface area contributed by atoms with Gasteiger partial charge in [-0.3, -0.25) is 4.79 Å². The van der Waals surface area contributed by atoms with Crippen LogP contribution in [0.3, 0.4) is 0 Å². The van der Waals surface area contributed by atoms with Crippen molar-refractivity contribution in [2.75, 3.05) is 26.2 Å². The van der Waals surface area contributed by atoms with Crippen molar-refractivity contribution in [1.29, 1.82) is 0 Å². The number of amidine groups is 2. The van der Waals surface area contributed by atoms with Crippen LogP contribution in [0.15, 0.2) is 22.0 Å². The van der Waals surface area contributed by atoms with Crippen LogP contribution in [-0.2, 0) is 14.3 Å². The second kappa shape index (κ2) is 7.30. The molecular weight excluding hydrogens is 348 g/mol. The average Bonchev–Trinajstić information content (AvgIpc) is 3.05. The molecule has 1 aliphatic carbocycles. The molecule has 3 N–H and O–H groups in total. The summed E-state index contributed by atoms with van der Waals surface area (Å²) in [5.74, 6) is -0.369. The minimum atomic E-state index is -0.899. The Bertz CT molecular complexity index is 725. The number of hydrazine groups is 1. The average molecular weight is 374 g/mol. The van der Waals surface area contributed by atoms with Gasteiger partial charge in [0, 0.05) is 25.3 Å². The van der Waals surface area contributed by atoms with E-state index in [9.17, 15) is 9.59 Å². The quantitative estimate of drug-likeness (QED) is 0.473. The normalized spacial score (nSPS) is 29.4. The van der Waals surface area contributed by atoms with Gasteiger partial charge in [-0.15, -0.1) is 10.2 Å². The molecule has 0 radical (unpaired) electrons. The van der Waals surface area contributed by atoms with Crippen molar-refractivity contribution < 1.29 is 14.3 Å². The highest BCUT2D eigenvalue weighted by molar-refractivity contribution is 6.37. The van der Waals surface area contributed by atoms with Crippen LogP contribution in [0.4, 0.5) is 0 Å². The van der Waals surface area contributed by atoms with Gasteiger partial charge in [0.1, 0.15) is 5.84 Å². The molecule has 9 nitrogen and oxygen atoms in total. The van der Waals surface area contributed by atoms with E-state index in [0.717, 1.165) is 26.1 Å². The number of ether oxygens (including phenoxy) is 1. The van der Waals surface area contributed by atoms with Crippen molar-refractivity contribution in [2.45, 2.75) is 39.0 Å². The molecule has 0 saturated carbocycles. The molecule has 2 unspecified atom stereocenters. The van der Waals surface area contributed by atoms with Gasteiger partial charge in [0.25, 0.3) is 0 Å². The number of piperidine rings is 1. The van der Waals surface area contributed by atoms with E-state index in [4.69, 9.17) is 4.74 Å². The van der Waals surface area contributed by atoms with E-state index in [1.54, 1.807) is 6.92 Å². The predicted molar refractivity (Wildman–Crippen MR) is 99.4 cm³/mol. The summed E-state index contributed by atoms with van der Waals surface area (Å²) in [7, 11) is 0. The van der Waals surface area contributed by atoms with Gasteiger partial charge in [0.2, 0.25) is 0 Å². The summed E-state index contributed by atoms with van der Waals surface area (Å²) in [6.45, 7) is 4.77. The largest absolute Gasteiger partial charge is 0.459 e. The second-order valence-corrected chi connectivity index (χ2v) is 7.40. The van der Waals surface area contributed by atoms with Gasteiger partial charge in [0.05, 0.1) is 12.0 Å². The first kappa shape index (κ1) is 18.0. The number of rotatable bonds is 2. The molecule has 0 aromatic rings. The molecule has 2 saturated heterocycles. The topological polar surface area (TPSA) is 107 Å². The molecular formula is C18H26N6O3. The Balaban J connectivity index is 1.56. The summed E-state index contributed by atoms with van der Waals surface area (Å²) in [5, 5.41) is 11.1. The molecule has 2 atom stereocenters. The summed E-state index contributed by atoms with van der Waals surface area (Å²) in [6.07, 6.45) is 7.61. The molecule has 0 bridgehead atoms. The smallest absolute Gasteiger partial charge is 0.397 e. The molecule has 1 amide bonds. The summed E-state index contributed by atoms with van der Waals surface area (Å²) in [5.41, 5.74) is 7.13. The maximum atomic E-state index is 12.2. The molecule has 0 aromatic carbocycles. The van der Waals surface area contributed by atoms with Gasteiger partial charge in [-0.1, -0.05) is 6.08 Å². The van der Waals surface area contributed by atoms with Gasteiger partial charge in [-0.25, -0.2) is 10.2 Å². The highest BCUT2D eigenvalue weighted by Crippen LogP contribution is 2.46. The first-order chi connectivity index (χ1) is 13.1. The van der Waals surface area contributed by atoms with Crippen molar-refractivity contribution in [2.24, 2.45) is 21.5 Å². The molecule has 0 aromatic heterocycles. The molecule has 3 heterocycles. The third-order valence-corrected chi connectivity index (χ3v) is 5.92. The number of esters is 1. The highest BCUT2D eigenvalue weighted by atomic mass is 16.5. The van der Waals surface area contributed by atoms with Gasteiger partial charge in [-0.2, -0.15) is 0 Å². The van der Waals surface area contributed by atoms with E-state index < -0.39 is 17.3 Å². The SMILES string of the molecule is CCOC(=O)C(=O)NC1=NN=C2NNCC3CC(N4CCCCC4)=CCC213. The van der Waals surface area contributed by atoms with Crippen LogP contribution in [0.25, 0.3) is 0 Å². The van der Waals surface area contributed by atoms with Gasteiger partial charge < -0.3 is 20.4 Å². The van der Waals surface area contributed by atoms with Gasteiger partial charge in [-0.05, 0) is 44.9 Å². The van der Waals surface area contributed by atoms with E-state index in [-0.39, 0.29) is 12.5 Å². The summed E-state index contributed by atoms with van der Waals surface area (Å²) < 4.78 is 4.79. The summed E-state index contributed by atoms with van der Waals surface area (Å²) >= 11 is 0. The number of allylic oxidation sites excluding steroid dienone is 2. The van der Waals surface area contributed by atoms with Gasteiger partial charge >= 0.3 is 11.9 Å². The minimum absolute atomic E-state index is 0.154. The lowest BCUT2D eigenvalue weighted by atomic mass is 9.65. The minimum Gasteiger partial charge on any atom is -0.459 e. The number of amides is 1. The summed E-state index contributed by atoms with van der Waals surface area (Å²) in [4.78, 5) is 26.4.